The SMILES string of the molecule is CC[C@H](O/N=C(\C(=O)NC1C(=O)N2C(C(=O)O)=C(CSC3=NC(N)=CCN3N)CS[C@@H]12)c1csc(N)n1)C(=O)O. The van der Waals surface area contributed by atoms with Crippen LogP contribution < -0.4 is 22.6 Å². The summed E-state index contributed by atoms with van der Waals surface area (Å²) in [6.07, 6.45) is 0.402. The Balaban J connectivity index is 1.50. The zero-order valence-corrected chi connectivity index (χ0v) is 23.3. The first-order valence-corrected chi connectivity index (χ1v) is 14.5. The van der Waals surface area contributed by atoms with Crippen LogP contribution in [0.1, 0.15) is 19.0 Å². The quantitative estimate of drug-likeness (QED) is 0.0814. The number of amidine groups is 1. The lowest BCUT2D eigenvalue weighted by Crippen LogP contribution is -2.71. The summed E-state index contributed by atoms with van der Waals surface area (Å²) in [7, 11) is 0. The van der Waals surface area contributed by atoms with Crippen molar-refractivity contribution in [2.45, 2.75) is 30.9 Å². The number of carbonyl (C=O) groups is 4. The summed E-state index contributed by atoms with van der Waals surface area (Å²) in [5.41, 5.74) is 11.4. The summed E-state index contributed by atoms with van der Waals surface area (Å²) < 4.78 is 0. The third-order valence-corrected chi connectivity index (χ3v) is 8.87. The van der Waals surface area contributed by atoms with Crippen LogP contribution in [-0.2, 0) is 24.0 Å². The van der Waals surface area contributed by atoms with Crippen LogP contribution in [0.25, 0.3) is 0 Å². The summed E-state index contributed by atoms with van der Waals surface area (Å²) in [4.78, 5) is 64.1. The van der Waals surface area contributed by atoms with Gasteiger partial charge in [0, 0.05) is 16.9 Å². The van der Waals surface area contributed by atoms with Crippen molar-refractivity contribution in [1.82, 2.24) is 20.2 Å². The van der Waals surface area contributed by atoms with Gasteiger partial charge in [-0.05, 0) is 18.1 Å². The second kappa shape index (κ2) is 12.1. The standard InChI is InChI=1S/C21H25N9O7S3/c1-2-10(18(33)34)37-28-12(9-7-39-20(23)25-9)15(31)27-13-16(32)30-14(19(35)36)8(5-38-17(13)30)6-40-21-26-11(22)3-4-29(21)24/h3,7,10,13,17H,2,4-6,22,24H2,1H3,(H2,23,25)(H,27,31)(H,33,34)(H,35,36)/b28-12-/t10-,13?,17-/m0/s1. The van der Waals surface area contributed by atoms with E-state index < -0.39 is 41.3 Å². The van der Waals surface area contributed by atoms with Crippen molar-refractivity contribution in [2.24, 2.45) is 21.7 Å². The fraction of sp³-hybridized carbons (Fsp3) is 0.381. The molecule has 0 bridgehead atoms. The number of thiazole rings is 1. The van der Waals surface area contributed by atoms with Crippen LogP contribution in [0.5, 0.6) is 0 Å². The highest BCUT2D eigenvalue weighted by Gasteiger charge is 2.54. The van der Waals surface area contributed by atoms with Crippen LogP contribution in [0.3, 0.4) is 0 Å². The molecule has 3 aliphatic rings. The average Bonchev–Trinajstić information content (AvgIpc) is 3.34. The number of thioether (sulfide) groups is 2. The van der Waals surface area contributed by atoms with Crippen LogP contribution in [0.2, 0.25) is 0 Å². The van der Waals surface area contributed by atoms with Crippen molar-refractivity contribution >= 4 is 74.6 Å². The normalized spacial score (nSPS) is 21.6. The molecular formula is C21H25N9O7S3. The first-order valence-electron chi connectivity index (χ1n) is 11.6. The Morgan fingerprint density at radius 3 is 2.73 bits per heavy atom. The van der Waals surface area contributed by atoms with Crippen molar-refractivity contribution < 1.29 is 34.2 Å². The number of amides is 2. The predicted molar refractivity (Wildman–Crippen MR) is 149 cm³/mol. The number of fused-ring (bicyclic) bond motifs is 1. The van der Waals surface area contributed by atoms with Gasteiger partial charge in [-0.2, -0.15) is 0 Å². The van der Waals surface area contributed by atoms with Gasteiger partial charge in [0.15, 0.2) is 16.0 Å². The molecule has 0 radical (unpaired) electrons. The van der Waals surface area contributed by atoms with Crippen LogP contribution >= 0.6 is 34.9 Å². The largest absolute Gasteiger partial charge is 0.478 e. The summed E-state index contributed by atoms with van der Waals surface area (Å²) in [5.74, 6) is 2.60. The van der Waals surface area contributed by atoms with E-state index >= 15 is 0 Å². The molecule has 3 atom stereocenters. The summed E-state index contributed by atoms with van der Waals surface area (Å²) in [5, 5.41) is 28.1. The van der Waals surface area contributed by atoms with E-state index in [4.69, 9.17) is 22.1 Å². The number of hydrogen-bond donors (Lipinski definition) is 6. The van der Waals surface area contributed by atoms with E-state index in [0.29, 0.717) is 23.1 Å². The van der Waals surface area contributed by atoms with Gasteiger partial charge in [0.25, 0.3) is 11.8 Å². The first-order chi connectivity index (χ1) is 19.0. The number of carboxylic acids is 2. The van der Waals surface area contributed by atoms with Gasteiger partial charge in [0.05, 0.1) is 6.54 Å². The molecule has 214 valence electrons. The zero-order chi connectivity index (χ0) is 29.1. The molecule has 9 N–H and O–H groups in total. The maximum Gasteiger partial charge on any atom is 0.352 e. The fourth-order valence-electron chi connectivity index (χ4n) is 3.77. The molecule has 1 aromatic heterocycles. The molecule has 1 unspecified atom stereocenters. The first kappa shape index (κ1) is 29.2. The lowest BCUT2D eigenvalue weighted by atomic mass is 10.0. The topological polar surface area (TPSA) is 252 Å². The molecular weight excluding hydrogens is 586 g/mol. The molecule has 0 aromatic carbocycles. The smallest absolute Gasteiger partial charge is 0.352 e. The van der Waals surface area contributed by atoms with Gasteiger partial charge in [-0.15, -0.1) is 23.1 Å². The molecule has 4 rings (SSSR count). The van der Waals surface area contributed by atoms with Crippen molar-refractivity contribution in [3.63, 3.8) is 0 Å². The van der Waals surface area contributed by atoms with Gasteiger partial charge < -0.3 is 31.8 Å². The molecule has 3 aliphatic heterocycles. The molecule has 1 fully saturated rings. The second-order valence-corrected chi connectivity index (χ2v) is 11.4. The number of aromatic nitrogens is 1. The van der Waals surface area contributed by atoms with Crippen molar-refractivity contribution in [1.29, 1.82) is 0 Å². The minimum atomic E-state index is -1.31. The number of nitrogens with two attached hydrogens (primary N) is 3. The predicted octanol–water partition coefficient (Wildman–Crippen LogP) is -0.874. The van der Waals surface area contributed by atoms with E-state index in [9.17, 15) is 29.4 Å². The number of nitrogen functional groups attached to an aromatic ring is 1. The van der Waals surface area contributed by atoms with Gasteiger partial charge in [-0.25, -0.2) is 25.4 Å². The number of β-lactam (4-membered cyclic amide) rings is 1. The Morgan fingerprint density at radius 2 is 2.10 bits per heavy atom. The maximum absolute atomic E-state index is 13.2. The molecule has 1 saturated heterocycles. The van der Waals surface area contributed by atoms with Crippen LogP contribution in [-0.4, -0.2) is 95.3 Å². The van der Waals surface area contributed by atoms with Crippen molar-refractivity contribution in [3.8, 4) is 0 Å². The third-order valence-electron chi connectivity index (χ3n) is 5.78. The monoisotopic (exact) mass is 611 g/mol. The Morgan fingerprint density at radius 1 is 1.35 bits per heavy atom. The highest BCUT2D eigenvalue weighted by Crippen LogP contribution is 2.41. The number of rotatable bonds is 10. The Labute approximate surface area is 239 Å². The maximum atomic E-state index is 13.2. The number of nitrogens with one attached hydrogen (secondary N) is 1. The van der Waals surface area contributed by atoms with Crippen LogP contribution in [0.4, 0.5) is 5.13 Å². The van der Waals surface area contributed by atoms with Crippen LogP contribution in [0.15, 0.2) is 38.7 Å². The Bertz CT molecular complexity index is 1360. The number of hydrogen-bond acceptors (Lipinski definition) is 15. The Hall–Kier alpha value is -3.81. The van der Waals surface area contributed by atoms with Crippen molar-refractivity contribution in [2.75, 3.05) is 23.8 Å². The molecule has 0 saturated carbocycles. The number of oxime groups is 1. The minimum Gasteiger partial charge on any atom is -0.478 e. The lowest BCUT2D eigenvalue weighted by Gasteiger charge is -2.49. The molecule has 40 heavy (non-hydrogen) atoms. The van der Waals surface area contributed by atoms with Crippen molar-refractivity contribution in [3.05, 3.63) is 34.2 Å². The highest BCUT2D eigenvalue weighted by atomic mass is 32.2. The van der Waals surface area contributed by atoms with E-state index in [-0.39, 0.29) is 40.2 Å². The zero-order valence-electron chi connectivity index (χ0n) is 20.8. The van der Waals surface area contributed by atoms with E-state index in [2.05, 4.69) is 20.4 Å². The number of carbonyl (C=O) groups excluding carboxylic acids is 2. The lowest BCUT2D eigenvalue weighted by molar-refractivity contribution is -0.151. The molecule has 4 heterocycles. The number of anilines is 1. The molecule has 0 spiro atoms. The Kier molecular flexibility index (Phi) is 8.86. The molecule has 0 aliphatic carbocycles. The van der Waals surface area contributed by atoms with Crippen LogP contribution in [0, 0.1) is 0 Å². The molecule has 19 heteroatoms. The number of nitrogens with zero attached hydrogens (tertiary/aromatic N) is 5. The molecule has 16 nitrogen and oxygen atoms in total. The van der Waals surface area contributed by atoms with E-state index in [0.717, 1.165) is 16.2 Å². The van der Waals surface area contributed by atoms with E-state index in [1.807, 2.05) is 0 Å². The number of carboxylic acid groups (broad SMARTS) is 2. The van der Waals surface area contributed by atoms with Gasteiger partial charge >= 0.3 is 11.9 Å². The minimum absolute atomic E-state index is 0.0284. The summed E-state index contributed by atoms with van der Waals surface area (Å²) in [6.45, 7) is 1.92. The third kappa shape index (κ3) is 6.01. The highest BCUT2D eigenvalue weighted by molar-refractivity contribution is 8.14. The van der Waals surface area contributed by atoms with Gasteiger partial charge in [0.2, 0.25) is 6.10 Å². The van der Waals surface area contributed by atoms with Gasteiger partial charge in [-0.1, -0.05) is 23.8 Å². The molecule has 1 aromatic rings. The summed E-state index contributed by atoms with van der Waals surface area (Å²) in [6, 6.07) is -1.07. The van der Waals surface area contributed by atoms with Gasteiger partial charge in [-0.3, -0.25) is 19.5 Å². The average molecular weight is 612 g/mol. The number of aliphatic imine (C=N–C) groups is 1. The van der Waals surface area contributed by atoms with E-state index in [1.165, 1.54) is 33.9 Å². The van der Waals surface area contributed by atoms with Gasteiger partial charge in [0.1, 0.15) is 28.6 Å². The number of hydrazine groups is 1. The molecule has 2 amide bonds. The number of aliphatic carboxylic acids is 2. The summed E-state index contributed by atoms with van der Waals surface area (Å²) >= 11 is 3.49. The van der Waals surface area contributed by atoms with E-state index in [1.54, 1.807) is 13.0 Å². The second-order valence-electron chi connectivity index (χ2n) is 8.43. The fourth-order valence-corrected chi connectivity index (χ4v) is 6.75.